The molecule has 0 aliphatic rings. The van der Waals surface area contributed by atoms with Gasteiger partial charge in [-0.2, -0.15) is 0 Å². The van der Waals surface area contributed by atoms with Crippen molar-refractivity contribution in [3.63, 3.8) is 0 Å². The minimum atomic E-state index is 0.582. The van der Waals surface area contributed by atoms with Gasteiger partial charge in [0.15, 0.2) is 0 Å². The van der Waals surface area contributed by atoms with Crippen LogP contribution in [0.4, 0.5) is 34.1 Å². The van der Waals surface area contributed by atoms with Gasteiger partial charge in [0.1, 0.15) is 22.3 Å². The molecule has 0 unspecified atom stereocenters. The molecule has 0 spiro atoms. The predicted octanol–water partition coefficient (Wildman–Crippen LogP) is 23.1. The van der Waals surface area contributed by atoms with E-state index in [1.807, 2.05) is 24.3 Å². The fourth-order valence-electron chi connectivity index (χ4n) is 12.0. The molecule has 5 heteroatoms. The molecule has 0 aliphatic carbocycles. The SMILES string of the molecule is Clc1cc(N(c2ccc(-c3ccc4oc5ccccc5c4c3)cc2)c2c(-c3ccccc3)cccc2-c2ccccc2)cc(N(c2ccc(-c3ccc4oc5ccccc5c4c3)cc2)c2c(-c3ccccc3)cccc2-c2ccccc2)c1. The fourth-order valence-corrected chi connectivity index (χ4v) is 12.2. The first kappa shape index (κ1) is 49.4. The quantitative estimate of drug-likeness (QED) is 0.122. The van der Waals surface area contributed by atoms with Crippen molar-refractivity contribution < 1.29 is 8.83 Å². The number of halogens is 1. The Morgan fingerprint density at radius 2 is 0.530 bits per heavy atom. The molecule has 0 atom stereocenters. The van der Waals surface area contributed by atoms with Crippen molar-refractivity contribution in [2.75, 3.05) is 9.80 Å². The van der Waals surface area contributed by atoms with Crippen molar-refractivity contribution in [3.05, 3.63) is 314 Å². The van der Waals surface area contributed by atoms with Gasteiger partial charge < -0.3 is 18.6 Å². The maximum Gasteiger partial charge on any atom is 0.135 e. The molecule has 0 amide bonds. The summed E-state index contributed by atoms with van der Waals surface area (Å²) >= 11 is 7.72. The van der Waals surface area contributed by atoms with Gasteiger partial charge in [0.2, 0.25) is 0 Å². The summed E-state index contributed by atoms with van der Waals surface area (Å²) in [6.07, 6.45) is 0. The van der Waals surface area contributed by atoms with Crippen LogP contribution in [0.3, 0.4) is 0 Å². The number of nitrogens with zero attached hydrogens (tertiary/aromatic N) is 2. The molecule has 83 heavy (non-hydrogen) atoms. The van der Waals surface area contributed by atoms with Crippen molar-refractivity contribution in [3.8, 4) is 66.8 Å². The van der Waals surface area contributed by atoms with Crippen molar-refractivity contribution in [1.82, 2.24) is 0 Å². The molecule has 0 aliphatic heterocycles. The lowest BCUT2D eigenvalue weighted by Crippen LogP contribution is -2.16. The largest absolute Gasteiger partial charge is 0.456 e. The average molecular weight is 1080 g/mol. The van der Waals surface area contributed by atoms with Gasteiger partial charge in [-0.25, -0.2) is 0 Å². The van der Waals surface area contributed by atoms with Crippen molar-refractivity contribution in [2.45, 2.75) is 0 Å². The van der Waals surface area contributed by atoms with Gasteiger partial charge in [0.05, 0.1) is 11.4 Å². The van der Waals surface area contributed by atoms with Crippen LogP contribution in [0, 0.1) is 0 Å². The molecule has 13 aromatic carbocycles. The summed E-state index contributed by atoms with van der Waals surface area (Å²) in [5.41, 5.74) is 22.3. The molecule has 2 heterocycles. The maximum absolute atomic E-state index is 7.72. The highest BCUT2D eigenvalue weighted by atomic mass is 35.5. The van der Waals surface area contributed by atoms with Gasteiger partial charge in [-0.3, -0.25) is 0 Å². The van der Waals surface area contributed by atoms with Crippen LogP contribution in [0.2, 0.25) is 5.02 Å². The third kappa shape index (κ3) is 9.18. The first-order valence-electron chi connectivity index (χ1n) is 28.0. The van der Waals surface area contributed by atoms with Gasteiger partial charge in [0, 0.05) is 71.6 Å². The summed E-state index contributed by atoms with van der Waals surface area (Å²) in [6, 6.07) is 110. The lowest BCUT2D eigenvalue weighted by molar-refractivity contribution is 0.668. The number of benzene rings is 13. The summed E-state index contributed by atoms with van der Waals surface area (Å²) < 4.78 is 12.5. The topological polar surface area (TPSA) is 32.8 Å². The number of anilines is 6. The lowest BCUT2D eigenvalue weighted by Gasteiger charge is -2.34. The van der Waals surface area contributed by atoms with E-state index in [9.17, 15) is 0 Å². The Bertz CT molecular complexity index is 4420. The minimum absolute atomic E-state index is 0.582. The van der Waals surface area contributed by atoms with E-state index in [0.29, 0.717) is 5.02 Å². The van der Waals surface area contributed by atoms with Crippen molar-refractivity contribution in [1.29, 1.82) is 0 Å². The summed E-state index contributed by atoms with van der Waals surface area (Å²) in [5.74, 6) is 0. The molecular weight excluding hydrogens is 1030 g/mol. The first-order chi connectivity index (χ1) is 41.1. The third-order valence-electron chi connectivity index (χ3n) is 15.9. The van der Waals surface area contributed by atoms with Gasteiger partial charge in [-0.1, -0.05) is 242 Å². The lowest BCUT2D eigenvalue weighted by atomic mass is 9.93. The molecule has 0 bridgehead atoms. The van der Waals surface area contributed by atoms with Gasteiger partial charge in [-0.15, -0.1) is 0 Å². The standard InChI is InChI=1S/C78H51ClN2O2/c79-60-49-63(80(77-65(54-19-5-1-6-20-54)29-17-30-66(77)55-21-7-2-8-22-55)61-41-35-52(36-42-61)58-39-45-75-71(47-58)69-27-13-15-33-73(69)82-75)51-64(50-60)81(78-67(56-23-9-3-10-24-56)31-18-32-68(78)57-25-11-4-12-26-57)62-43-37-53(38-44-62)59-40-46-76-72(48-59)70-28-14-16-34-74(70)83-76/h1-51H. The Morgan fingerprint density at radius 3 is 0.892 bits per heavy atom. The first-order valence-corrected chi connectivity index (χ1v) is 28.4. The zero-order valence-corrected chi connectivity index (χ0v) is 45.8. The Labute approximate surface area is 486 Å². The Morgan fingerprint density at radius 1 is 0.217 bits per heavy atom. The second-order valence-electron chi connectivity index (χ2n) is 20.9. The Kier molecular flexibility index (Phi) is 12.6. The average Bonchev–Trinajstić information content (AvgIpc) is 4.21. The monoisotopic (exact) mass is 1080 g/mol. The maximum atomic E-state index is 7.72. The summed E-state index contributed by atoms with van der Waals surface area (Å²) in [4.78, 5) is 4.80. The molecule has 2 aromatic heterocycles. The van der Waals surface area contributed by atoms with E-state index in [-0.39, 0.29) is 0 Å². The highest BCUT2D eigenvalue weighted by molar-refractivity contribution is 6.31. The van der Waals surface area contributed by atoms with E-state index >= 15 is 0 Å². The van der Waals surface area contributed by atoms with Gasteiger partial charge in [0.25, 0.3) is 0 Å². The number of hydrogen-bond acceptors (Lipinski definition) is 4. The zero-order valence-electron chi connectivity index (χ0n) is 45.0. The second kappa shape index (κ2) is 21.1. The van der Waals surface area contributed by atoms with E-state index in [0.717, 1.165) is 145 Å². The molecule has 0 N–H and O–H groups in total. The summed E-state index contributed by atoms with van der Waals surface area (Å²) in [5, 5.41) is 4.96. The van der Waals surface area contributed by atoms with Crippen molar-refractivity contribution >= 4 is 89.6 Å². The van der Waals surface area contributed by atoms with Crippen LogP contribution >= 0.6 is 11.6 Å². The summed E-state index contributed by atoms with van der Waals surface area (Å²) in [6.45, 7) is 0. The van der Waals surface area contributed by atoms with Crippen LogP contribution in [0.5, 0.6) is 0 Å². The highest BCUT2D eigenvalue weighted by Gasteiger charge is 2.27. The number of furan rings is 2. The van der Waals surface area contributed by atoms with Crippen LogP contribution < -0.4 is 9.80 Å². The summed E-state index contributed by atoms with van der Waals surface area (Å²) in [7, 11) is 0. The van der Waals surface area contributed by atoms with Crippen LogP contribution in [-0.4, -0.2) is 0 Å². The molecule has 0 fully saturated rings. The smallest absolute Gasteiger partial charge is 0.135 e. The van der Waals surface area contributed by atoms with Crippen LogP contribution in [0.15, 0.2) is 318 Å². The molecule has 15 aromatic rings. The number of rotatable bonds is 12. The molecule has 15 rings (SSSR count). The van der Waals surface area contributed by atoms with E-state index in [4.69, 9.17) is 20.4 Å². The number of fused-ring (bicyclic) bond motifs is 6. The molecule has 0 saturated carbocycles. The van der Waals surface area contributed by atoms with Crippen LogP contribution in [-0.2, 0) is 0 Å². The Hall–Kier alpha value is -10.7. The molecular formula is C78H51ClN2O2. The Balaban J connectivity index is 0.960. The van der Waals surface area contributed by atoms with E-state index in [1.54, 1.807) is 0 Å². The molecule has 4 nitrogen and oxygen atoms in total. The third-order valence-corrected chi connectivity index (χ3v) is 16.1. The fraction of sp³-hybridized carbons (Fsp3) is 0. The van der Waals surface area contributed by atoms with Crippen LogP contribution in [0.25, 0.3) is 111 Å². The van der Waals surface area contributed by atoms with Gasteiger partial charge in [-0.05, 0) is 123 Å². The number of hydrogen-bond donors (Lipinski definition) is 0. The van der Waals surface area contributed by atoms with E-state index in [2.05, 4.69) is 295 Å². The second-order valence-corrected chi connectivity index (χ2v) is 21.4. The van der Waals surface area contributed by atoms with E-state index < -0.39 is 0 Å². The predicted molar refractivity (Wildman–Crippen MR) is 348 cm³/mol. The minimum Gasteiger partial charge on any atom is -0.456 e. The number of para-hydroxylation sites is 4. The van der Waals surface area contributed by atoms with Gasteiger partial charge >= 0.3 is 0 Å². The zero-order chi connectivity index (χ0) is 55.2. The van der Waals surface area contributed by atoms with Crippen molar-refractivity contribution in [2.24, 2.45) is 0 Å². The molecule has 0 saturated heterocycles. The van der Waals surface area contributed by atoms with Crippen LogP contribution in [0.1, 0.15) is 0 Å². The molecule has 392 valence electrons. The molecule has 0 radical (unpaired) electrons. The highest BCUT2D eigenvalue weighted by Crippen LogP contribution is 2.52. The van der Waals surface area contributed by atoms with E-state index in [1.165, 1.54) is 0 Å². The normalized spacial score (nSPS) is 11.4.